The lowest BCUT2D eigenvalue weighted by atomic mass is 9.96. The molecule has 204 valence electrons. The lowest BCUT2D eigenvalue weighted by molar-refractivity contribution is -0.133. The predicted molar refractivity (Wildman–Crippen MR) is 160 cm³/mol. The van der Waals surface area contributed by atoms with Crippen molar-refractivity contribution in [2.75, 3.05) is 32.7 Å². The highest BCUT2D eigenvalue weighted by Crippen LogP contribution is 2.30. The summed E-state index contributed by atoms with van der Waals surface area (Å²) in [6.07, 6.45) is 0.302. The van der Waals surface area contributed by atoms with Crippen molar-refractivity contribution in [3.63, 3.8) is 0 Å². The molecule has 40 heavy (non-hydrogen) atoms. The number of hydrogen-bond donors (Lipinski definition) is 0. The number of carbonyl (C=O) groups is 2. The number of amides is 2. The molecule has 4 aromatic carbocycles. The van der Waals surface area contributed by atoms with Gasteiger partial charge >= 0.3 is 0 Å². The van der Waals surface area contributed by atoms with Crippen LogP contribution in [-0.4, -0.2) is 59.2 Å². The second-order valence-electron chi connectivity index (χ2n) is 10.3. The number of benzene rings is 4. The van der Waals surface area contributed by atoms with Crippen LogP contribution in [0.5, 0.6) is 0 Å². The van der Waals surface area contributed by atoms with E-state index in [4.69, 9.17) is 0 Å². The fraction of sp³-hybridized carbons (Fsp3) is 0.257. The zero-order valence-corrected chi connectivity index (χ0v) is 23.1. The summed E-state index contributed by atoms with van der Waals surface area (Å²) in [5.74, 6) is 0.0462. The minimum absolute atomic E-state index is 0.0527. The summed E-state index contributed by atoms with van der Waals surface area (Å²) in [6.45, 7) is 5.36. The van der Waals surface area contributed by atoms with Crippen molar-refractivity contribution >= 4 is 11.8 Å². The van der Waals surface area contributed by atoms with Gasteiger partial charge in [-0.3, -0.25) is 14.5 Å². The van der Waals surface area contributed by atoms with Crippen molar-refractivity contribution in [2.24, 2.45) is 0 Å². The number of carbonyl (C=O) groups excluding carboxylic acids is 2. The first-order chi connectivity index (χ1) is 19.6. The first-order valence-corrected chi connectivity index (χ1v) is 14.1. The third-order valence-electron chi connectivity index (χ3n) is 7.86. The van der Waals surface area contributed by atoms with Gasteiger partial charge in [0, 0.05) is 44.7 Å². The Morgan fingerprint density at radius 3 is 1.60 bits per heavy atom. The zero-order valence-electron chi connectivity index (χ0n) is 23.1. The summed E-state index contributed by atoms with van der Waals surface area (Å²) in [5, 5.41) is 0. The van der Waals surface area contributed by atoms with Gasteiger partial charge in [0.2, 0.25) is 5.91 Å². The van der Waals surface area contributed by atoms with Crippen LogP contribution in [0.4, 0.5) is 0 Å². The molecule has 1 aliphatic rings. The summed E-state index contributed by atoms with van der Waals surface area (Å²) < 4.78 is 0. The fourth-order valence-corrected chi connectivity index (χ4v) is 5.62. The second-order valence-corrected chi connectivity index (χ2v) is 10.3. The van der Waals surface area contributed by atoms with Crippen molar-refractivity contribution in [2.45, 2.75) is 25.4 Å². The van der Waals surface area contributed by atoms with Gasteiger partial charge < -0.3 is 9.80 Å². The van der Waals surface area contributed by atoms with Crippen LogP contribution in [0.25, 0.3) is 0 Å². The molecule has 5 nitrogen and oxygen atoms in total. The molecule has 0 saturated carbocycles. The second kappa shape index (κ2) is 13.2. The normalized spacial score (nSPS) is 14.6. The quantitative estimate of drug-likeness (QED) is 0.258. The Balaban J connectivity index is 1.25. The molecule has 1 aliphatic heterocycles. The third-order valence-corrected chi connectivity index (χ3v) is 7.86. The molecular weight excluding hydrogens is 494 g/mol. The van der Waals surface area contributed by atoms with Gasteiger partial charge in [-0.2, -0.15) is 0 Å². The van der Waals surface area contributed by atoms with Gasteiger partial charge in [0.1, 0.15) is 0 Å². The highest BCUT2D eigenvalue weighted by atomic mass is 16.2. The van der Waals surface area contributed by atoms with Crippen LogP contribution in [0.2, 0.25) is 0 Å². The van der Waals surface area contributed by atoms with E-state index in [0.29, 0.717) is 31.6 Å². The third kappa shape index (κ3) is 6.49. The van der Waals surface area contributed by atoms with E-state index < -0.39 is 0 Å². The number of piperazine rings is 1. The largest absolute Gasteiger partial charge is 0.340 e. The summed E-state index contributed by atoms with van der Waals surface area (Å²) in [6, 6.07) is 40.5. The molecule has 0 bridgehead atoms. The molecule has 1 unspecified atom stereocenters. The maximum absolute atomic E-state index is 13.5. The van der Waals surface area contributed by atoms with E-state index in [-0.39, 0.29) is 23.9 Å². The topological polar surface area (TPSA) is 43.9 Å². The average molecular weight is 532 g/mol. The minimum Gasteiger partial charge on any atom is -0.340 e. The van der Waals surface area contributed by atoms with Crippen LogP contribution < -0.4 is 0 Å². The summed E-state index contributed by atoms with van der Waals surface area (Å²) in [7, 11) is 0. The Labute approximate surface area is 237 Å². The molecule has 5 heteroatoms. The SMILES string of the molecule is CC(c1ccccc1)N(CCC(=O)N1CCN(C(c2ccccc2)c2ccccc2)CC1)C(=O)c1ccccc1. The average Bonchev–Trinajstić information content (AvgIpc) is 3.03. The van der Waals surface area contributed by atoms with E-state index in [1.54, 1.807) is 0 Å². The van der Waals surface area contributed by atoms with Gasteiger partial charge in [0.05, 0.1) is 12.1 Å². The fourth-order valence-electron chi connectivity index (χ4n) is 5.62. The molecular formula is C35H37N3O2. The van der Waals surface area contributed by atoms with Crippen LogP contribution in [0.15, 0.2) is 121 Å². The lowest BCUT2D eigenvalue weighted by Crippen LogP contribution is -2.50. The highest BCUT2D eigenvalue weighted by molar-refractivity contribution is 5.94. The van der Waals surface area contributed by atoms with Crippen molar-refractivity contribution in [1.29, 1.82) is 0 Å². The van der Waals surface area contributed by atoms with E-state index in [1.165, 1.54) is 11.1 Å². The van der Waals surface area contributed by atoms with Crippen LogP contribution in [-0.2, 0) is 4.79 Å². The zero-order chi connectivity index (χ0) is 27.7. The maximum atomic E-state index is 13.5. The Morgan fingerprint density at radius 2 is 1.10 bits per heavy atom. The summed E-state index contributed by atoms with van der Waals surface area (Å²) in [4.78, 5) is 33.2. The van der Waals surface area contributed by atoms with E-state index in [2.05, 4.69) is 53.4 Å². The molecule has 5 rings (SSSR count). The minimum atomic E-state index is -0.143. The van der Waals surface area contributed by atoms with Crippen LogP contribution in [0.3, 0.4) is 0 Å². The van der Waals surface area contributed by atoms with Crippen molar-refractivity contribution in [3.05, 3.63) is 144 Å². The molecule has 1 atom stereocenters. The molecule has 1 saturated heterocycles. The maximum Gasteiger partial charge on any atom is 0.254 e. The van der Waals surface area contributed by atoms with E-state index in [1.807, 2.05) is 89.5 Å². The molecule has 0 spiro atoms. The molecule has 4 aromatic rings. The monoisotopic (exact) mass is 531 g/mol. The predicted octanol–water partition coefficient (Wildman–Crippen LogP) is 6.21. The van der Waals surface area contributed by atoms with Crippen LogP contribution >= 0.6 is 0 Å². The number of hydrogen-bond acceptors (Lipinski definition) is 3. The summed E-state index contributed by atoms with van der Waals surface area (Å²) >= 11 is 0. The molecule has 1 heterocycles. The molecule has 0 aromatic heterocycles. The van der Waals surface area contributed by atoms with Gasteiger partial charge in [0.15, 0.2) is 0 Å². The highest BCUT2D eigenvalue weighted by Gasteiger charge is 2.29. The molecule has 0 aliphatic carbocycles. The van der Waals surface area contributed by atoms with E-state index in [9.17, 15) is 9.59 Å². The number of nitrogens with zero attached hydrogens (tertiary/aromatic N) is 3. The smallest absolute Gasteiger partial charge is 0.254 e. The van der Waals surface area contributed by atoms with Gasteiger partial charge in [0.25, 0.3) is 5.91 Å². The molecule has 0 radical (unpaired) electrons. The Bertz CT molecular complexity index is 1320. The molecule has 1 fully saturated rings. The van der Waals surface area contributed by atoms with Crippen molar-refractivity contribution in [3.8, 4) is 0 Å². The Hall–Kier alpha value is -4.22. The van der Waals surface area contributed by atoms with Gasteiger partial charge in [-0.05, 0) is 35.7 Å². The van der Waals surface area contributed by atoms with Gasteiger partial charge in [-0.25, -0.2) is 0 Å². The first-order valence-electron chi connectivity index (χ1n) is 14.1. The van der Waals surface area contributed by atoms with Crippen molar-refractivity contribution in [1.82, 2.24) is 14.7 Å². The standard InChI is InChI=1S/C35H37N3O2/c1-28(29-14-6-2-7-15-29)38(35(40)32-20-12-5-13-21-32)23-22-33(39)36-24-26-37(27-25-36)34(30-16-8-3-9-17-30)31-18-10-4-11-19-31/h2-21,28,34H,22-27H2,1H3. The molecule has 0 N–H and O–H groups in total. The van der Waals surface area contributed by atoms with Gasteiger partial charge in [-0.15, -0.1) is 0 Å². The first kappa shape index (κ1) is 27.4. The van der Waals surface area contributed by atoms with Crippen molar-refractivity contribution < 1.29 is 9.59 Å². The van der Waals surface area contributed by atoms with E-state index in [0.717, 1.165) is 18.7 Å². The van der Waals surface area contributed by atoms with Gasteiger partial charge in [-0.1, -0.05) is 109 Å². The Morgan fingerprint density at radius 1 is 0.650 bits per heavy atom. The van der Waals surface area contributed by atoms with Crippen LogP contribution in [0, 0.1) is 0 Å². The van der Waals surface area contributed by atoms with E-state index >= 15 is 0 Å². The lowest BCUT2D eigenvalue weighted by Gasteiger charge is -2.40. The Kier molecular flexibility index (Phi) is 9.04. The molecule has 2 amide bonds. The summed E-state index contributed by atoms with van der Waals surface area (Å²) in [5.41, 5.74) is 4.22. The number of rotatable bonds is 9. The van der Waals surface area contributed by atoms with Crippen LogP contribution in [0.1, 0.15) is 52.5 Å².